The minimum atomic E-state index is -3.60. The maximum absolute atomic E-state index is 12.3. The zero-order valence-electron chi connectivity index (χ0n) is 15.3. The Bertz CT molecular complexity index is 1110. The van der Waals surface area contributed by atoms with Gasteiger partial charge in [-0.25, -0.2) is 8.42 Å². The standard InChI is InChI=1S/C19H18ClN3O4S/c1-12-3-4-14(11-13(12)2)18-22-23-19(27-18)21-17(24)9-10-28(25,26)16-7-5-15(20)6-8-16/h3-8,11H,9-10H2,1-2H3,(H,21,23,24). The summed E-state index contributed by atoms with van der Waals surface area (Å²) in [5.41, 5.74) is 2.95. The molecule has 0 spiro atoms. The first kappa shape index (κ1) is 20.0. The summed E-state index contributed by atoms with van der Waals surface area (Å²) < 4.78 is 30.0. The van der Waals surface area contributed by atoms with Gasteiger partial charge in [-0.05, 0) is 61.4 Å². The van der Waals surface area contributed by atoms with Gasteiger partial charge >= 0.3 is 6.01 Å². The maximum Gasteiger partial charge on any atom is 0.322 e. The van der Waals surface area contributed by atoms with Crippen molar-refractivity contribution in [2.75, 3.05) is 11.1 Å². The SMILES string of the molecule is Cc1ccc(-c2nnc(NC(=O)CCS(=O)(=O)c3ccc(Cl)cc3)o2)cc1C. The third-order valence-electron chi connectivity index (χ3n) is 4.20. The monoisotopic (exact) mass is 419 g/mol. The van der Waals surface area contributed by atoms with Crippen LogP contribution in [0.15, 0.2) is 51.8 Å². The Morgan fingerprint density at radius 2 is 1.79 bits per heavy atom. The van der Waals surface area contributed by atoms with Crippen LogP contribution in [0, 0.1) is 13.8 Å². The fourth-order valence-corrected chi connectivity index (χ4v) is 3.80. The van der Waals surface area contributed by atoms with Gasteiger partial charge in [0.05, 0.1) is 10.6 Å². The van der Waals surface area contributed by atoms with Crippen molar-refractivity contribution < 1.29 is 17.6 Å². The van der Waals surface area contributed by atoms with E-state index in [9.17, 15) is 13.2 Å². The molecular weight excluding hydrogens is 402 g/mol. The zero-order valence-corrected chi connectivity index (χ0v) is 16.8. The van der Waals surface area contributed by atoms with E-state index in [1.165, 1.54) is 24.3 Å². The Morgan fingerprint density at radius 3 is 2.46 bits per heavy atom. The van der Waals surface area contributed by atoms with Crippen molar-refractivity contribution in [3.05, 3.63) is 58.6 Å². The quantitative estimate of drug-likeness (QED) is 0.651. The van der Waals surface area contributed by atoms with E-state index in [1.807, 2.05) is 32.0 Å². The first-order valence-electron chi connectivity index (χ1n) is 8.44. The summed E-state index contributed by atoms with van der Waals surface area (Å²) in [7, 11) is -3.60. The van der Waals surface area contributed by atoms with Crippen LogP contribution >= 0.6 is 11.6 Å². The Morgan fingerprint density at radius 1 is 1.07 bits per heavy atom. The van der Waals surface area contributed by atoms with E-state index < -0.39 is 15.7 Å². The Labute approximate surface area is 167 Å². The molecule has 3 rings (SSSR count). The minimum absolute atomic E-state index is 0.0814. The second-order valence-corrected chi connectivity index (χ2v) is 8.83. The lowest BCUT2D eigenvalue weighted by Crippen LogP contribution is -2.17. The van der Waals surface area contributed by atoms with Gasteiger partial charge < -0.3 is 4.42 Å². The van der Waals surface area contributed by atoms with E-state index in [0.717, 1.165) is 16.7 Å². The molecular formula is C19H18ClN3O4S. The summed E-state index contributed by atoms with van der Waals surface area (Å²) in [5, 5.41) is 10.6. The summed E-state index contributed by atoms with van der Waals surface area (Å²) >= 11 is 5.76. The van der Waals surface area contributed by atoms with Crippen molar-refractivity contribution in [3.8, 4) is 11.5 Å². The van der Waals surface area contributed by atoms with E-state index in [4.69, 9.17) is 16.0 Å². The Kier molecular flexibility index (Phi) is 5.81. The molecule has 0 aliphatic rings. The van der Waals surface area contributed by atoms with Crippen LogP contribution in [-0.2, 0) is 14.6 Å². The molecule has 0 radical (unpaired) electrons. The van der Waals surface area contributed by atoms with Crippen LogP contribution in [0.5, 0.6) is 0 Å². The number of carbonyl (C=O) groups excluding carboxylic acids is 1. The molecule has 0 atom stereocenters. The van der Waals surface area contributed by atoms with E-state index in [1.54, 1.807) is 0 Å². The highest BCUT2D eigenvalue weighted by molar-refractivity contribution is 7.91. The average Bonchev–Trinajstić information content (AvgIpc) is 3.11. The van der Waals surface area contributed by atoms with E-state index in [2.05, 4.69) is 15.5 Å². The van der Waals surface area contributed by atoms with Crippen LogP contribution in [0.3, 0.4) is 0 Å². The molecule has 3 aromatic rings. The number of benzene rings is 2. The summed E-state index contributed by atoms with van der Waals surface area (Å²) in [6.45, 7) is 3.97. The Balaban J connectivity index is 1.61. The maximum atomic E-state index is 12.3. The van der Waals surface area contributed by atoms with Gasteiger partial charge in [-0.2, -0.15) is 0 Å². The van der Waals surface area contributed by atoms with Gasteiger partial charge in [-0.15, -0.1) is 5.10 Å². The summed E-state index contributed by atoms with van der Waals surface area (Å²) in [6.07, 6.45) is -0.244. The van der Waals surface area contributed by atoms with Crippen molar-refractivity contribution in [2.45, 2.75) is 25.2 Å². The van der Waals surface area contributed by atoms with Crippen molar-refractivity contribution in [3.63, 3.8) is 0 Å². The third-order valence-corrected chi connectivity index (χ3v) is 6.18. The average molecular weight is 420 g/mol. The topological polar surface area (TPSA) is 102 Å². The fourth-order valence-electron chi connectivity index (χ4n) is 2.43. The van der Waals surface area contributed by atoms with Crippen molar-refractivity contribution >= 4 is 33.4 Å². The van der Waals surface area contributed by atoms with Gasteiger partial charge in [0.2, 0.25) is 11.8 Å². The van der Waals surface area contributed by atoms with E-state index in [-0.39, 0.29) is 29.0 Å². The number of halogens is 1. The van der Waals surface area contributed by atoms with E-state index in [0.29, 0.717) is 5.02 Å². The highest BCUT2D eigenvalue weighted by atomic mass is 35.5. The number of rotatable bonds is 6. The molecule has 0 unspecified atom stereocenters. The second kappa shape index (κ2) is 8.12. The van der Waals surface area contributed by atoms with Gasteiger partial charge in [0.1, 0.15) is 0 Å². The molecule has 1 N–H and O–H groups in total. The molecule has 0 aliphatic heterocycles. The molecule has 2 aromatic carbocycles. The zero-order chi connectivity index (χ0) is 20.3. The lowest BCUT2D eigenvalue weighted by Gasteiger charge is -2.04. The molecule has 0 saturated carbocycles. The van der Waals surface area contributed by atoms with Crippen LogP contribution in [0.4, 0.5) is 6.01 Å². The number of nitrogens with zero attached hydrogens (tertiary/aromatic N) is 2. The fraction of sp³-hybridized carbons (Fsp3) is 0.211. The minimum Gasteiger partial charge on any atom is -0.403 e. The normalized spacial score (nSPS) is 11.4. The first-order chi connectivity index (χ1) is 13.2. The highest BCUT2D eigenvalue weighted by Gasteiger charge is 2.18. The number of carbonyl (C=O) groups is 1. The summed E-state index contributed by atoms with van der Waals surface area (Å²) in [6, 6.07) is 11.4. The van der Waals surface area contributed by atoms with Crippen LogP contribution in [0.1, 0.15) is 17.5 Å². The number of aryl methyl sites for hydroxylation is 2. The number of aromatic nitrogens is 2. The number of hydrogen-bond acceptors (Lipinski definition) is 6. The molecule has 1 aromatic heterocycles. The van der Waals surface area contributed by atoms with Crippen molar-refractivity contribution in [1.82, 2.24) is 10.2 Å². The summed E-state index contributed by atoms with van der Waals surface area (Å²) in [4.78, 5) is 12.2. The Hall–Kier alpha value is -2.71. The molecule has 0 aliphatic carbocycles. The van der Waals surface area contributed by atoms with Crippen LogP contribution in [0.25, 0.3) is 11.5 Å². The lowest BCUT2D eigenvalue weighted by molar-refractivity contribution is -0.115. The molecule has 146 valence electrons. The molecule has 0 saturated heterocycles. The molecule has 0 fully saturated rings. The first-order valence-corrected chi connectivity index (χ1v) is 10.5. The van der Waals surface area contributed by atoms with Crippen molar-refractivity contribution in [2.24, 2.45) is 0 Å². The smallest absolute Gasteiger partial charge is 0.322 e. The van der Waals surface area contributed by atoms with Gasteiger partial charge in [0.25, 0.3) is 0 Å². The van der Waals surface area contributed by atoms with Gasteiger partial charge in [0, 0.05) is 17.0 Å². The molecule has 28 heavy (non-hydrogen) atoms. The lowest BCUT2D eigenvalue weighted by atomic mass is 10.1. The number of amides is 1. The third kappa shape index (κ3) is 4.76. The van der Waals surface area contributed by atoms with E-state index >= 15 is 0 Å². The molecule has 7 nitrogen and oxygen atoms in total. The molecule has 1 amide bonds. The molecule has 1 heterocycles. The second-order valence-electron chi connectivity index (χ2n) is 6.28. The number of sulfone groups is 1. The predicted molar refractivity (Wildman–Crippen MR) is 106 cm³/mol. The van der Waals surface area contributed by atoms with Crippen LogP contribution in [-0.4, -0.2) is 30.3 Å². The van der Waals surface area contributed by atoms with Crippen molar-refractivity contribution in [1.29, 1.82) is 0 Å². The largest absolute Gasteiger partial charge is 0.403 e. The van der Waals surface area contributed by atoms with Crippen LogP contribution in [0.2, 0.25) is 5.02 Å². The van der Waals surface area contributed by atoms with Gasteiger partial charge in [0.15, 0.2) is 9.84 Å². The molecule has 9 heteroatoms. The molecule has 0 bridgehead atoms. The summed E-state index contributed by atoms with van der Waals surface area (Å²) in [5.74, 6) is -0.612. The number of nitrogens with one attached hydrogen (secondary N) is 1. The number of hydrogen-bond donors (Lipinski definition) is 1. The number of anilines is 1. The van der Waals surface area contributed by atoms with Crippen LogP contribution < -0.4 is 5.32 Å². The van der Waals surface area contributed by atoms with Gasteiger partial charge in [-0.1, -0.05) is 22.8 Å². The van der Waals surface area contributed by atoms with Gasteiger partial charge in [-0.3, -0.25) is 10.1 Å². The predicted octanol–water partition coefficient (Wildman–Crippen LogP) is 3.81. The highest BCUT2D eigenvalue weighted by Crippen LogP contribution is 2.22.